The lowest BCUT2D eigenvalue weighted by Gasteiger charge is -2.21. The normalized spacial score (nSPS) is 15.5. The Hall–Kier alpha value is -3.38. The maximum atomic E-state index is 12.7. The molecule has 2 amide bonds. The summed E-state index contributed by atoms with van der Waals surface area (Å²) in [5.41, 5.74) is 4.33. The van der Waals surface area contributed by atoms with Crippen LogP contribution in [0.25, 0.3) is 17.0 Å². The van der Waals surface area contributed by atoms with Crippen LogP contribution in [-0.2, 0) is 29.7 Å². The minimum atomic E-state index is -0.630. The summed E-state index contributed by atoms with van der Waals surface area (Å²) in [7, 11) is 3.83. The van der Waals surface area contributed by atoms with Gasteiger partial charge < -0.3 is 14.8 Å². The first-order valence-corrected chi connectivity index (χ1v) is 10.4. The number of amides is 2. The van der Waals surface area contributed by atoms with Gasteiger partial charge in [-0.15, -0.1) is 0 Å². The first-order valence-electron chi connectivity index (χ1n) is 10.4. The Balaban J connectivity index is 1.46. The second-order valence-electron chi connectivity index (χ2n) is 8.63. The van der Waals surface area contributed by atoms with Crippen molar-refractivity contribution in [1.29, 1.82) is 0 Å². The molecule has 31 heavy (non-hydrogen) atoms. The average Bonchev–Trinajstić information content (AvgIpc) is 3.00. The van der Waals surface area contributed by atoms with Gasteiger partial charge in [-0.3, -0.25) is 14.9 Å². The number of carbonyl (C=O) groups excluding carboxylic acids is 2. The van der Waals surface area contributed by atoms with Gasteiger partial charge in [-0.2, -0.15) is 0 Å². The van der Waals surface area contributed by atoms with Gasteiger partial charge in [0.05, 0.1) is 12.1 Å². The maximum Gasteiger partial charge on any atom is 0.246 e. The van der Waals surface area contributed by atoms with Crippen molar-refractivity contribution in [2.75, 3.05) is 12.4 Å². The highest BCUT2D eigenvalue weighted by atomic mass is 16.2. The predicted molar refractivity (Wildman–Crippen MR) is 124 cm³/mol. The largest absolute Gasteiger partial charge is 0.346 e. The van der Waals surface area contributed by atoms with Crippen LogP contribution in [0.2, 0.25) is 0 Å². The SMILES string of the molecule is CN(Cc1cc2ccccc2n1C)C(=O)/C=C/c1ccc2c(c1)CNC(C)(C)C(=O)N2. The first kappa shape index (κ1) is 20.9. The monoisotopic (exact) mass is 416 g/mol. The van der Waals surface area contributed by atoms with Gasteiger partial charge >= 0.3 is 0 Å². The topological polar surface area (TPSA) is 66.4 Å². The van der Waals surface area contributed by atoms with Crippen molar-refractivity contribution in [3.8, 4) is 0 Å². The first-order chi connectivity index (χ1) is 14.7. The van der Waals surface area contributed by atoms with Gasteiger partial charge in [0.1, 0.15) is 0 Å². The fraction of sp³-hybridized carbons (Fsp3) is 0.280. The molecule has 6 nitrogen and oxygen atoms in total. The highest BCUT2D eigenvalue weighted by Gasteiger charge is 2.30. The number of aryl methyl sites for hydroxylation is 1. The summed E-state index contributed by atoms with van der Waals surface area (Å²) >= 11 is 0. The number of fused-ring (bicyclic) bond motifs is 2. The molecule has 0 atom stereocenters. The molecule has 0 unspecified atom stereocenters. The number of rotatable bonds is 4. The number of nitrogens with one attached hydrogen (secondary N) is 2. The van der Waals surface area contributed by atoms with E-state index >= 15 is 0 Å². The van der Waals surface area contributed by atoms with Gasteiger partial charge in [-0.25, -0.2) is 0 Å². The predicted octanol–water partition coefficient (Wildman–Crippen LogP) is 3.67. The van der Waals surface area contributed by atoms with E-state index in [0.29, 0.717) is 13.1 Å². The lowest BCUT2D eigenvalue weighted by Crippen LogP contribution is -2.47. The lowest BCUT2D eigenvalue weighted by molar-refractivity contribution is -0.125. The Morgan fingerprint density at radius 2 is 1.97 bits per heavy atom. The number of benzene rings is 2. The Morgan fingerprint density at radius 1 is 1.19 bits per heavy atom. The smallest absolute Gasteiger partial charge is 0.246 e. The van der Waals surface area contributed by atoms with Crippen LogP contribution in [0, 0.1) is 0 Å². The van der Waals surface area contributed by atoms with Gasteiger partial charge in [0.15, 0.2) is 0 Å². The van der Waals surface area contributed by atoms with E-state index in [0.717, 1.165) is 28.0 Å². The quantitative estimate of drug-likeness (QED) is 0.638. The summed E-state index contributed by atoms with van der Waals surface area (Å²) in [6, 6.07) is 16.1. The van der Waals surface area contributed by atoms with Crippen LogP contribution in [-0.4, -0.2) is 33.9 Å². The molecule has 1 aliphatic heterocycles. The number of para-hydroxylation sites is 1. The molecule has 0 radical (unpaired) electrons. The molecule has 0 bridgehead atoms. The van der Waals surface area contributed by atoms with Crippen molar-refractivity contribution in [2.45, 2.75) is 32.5 Å². The highest BCUT2D eigenvalue weighted by molar-refractivity contribution is 5.99. The molecule has 160 valence electrons. The van der Waals surface area contributed by atoms with Crippen LogP contribution in [0.15, 0.2) is 54.6 Å². The Kier molecular flexibility index (Phi) is 5.41. The van der Waals surface area contributed by atoms with Crippen molar-refractivity contribution < 1.29 is 9.59 Å². The Morgan fingerprint density at radius 3 is 2.74 bits per heavy atom. The van der Waals surface area contributed by atoms with Crippen molar-refractivity contribution >= 4 is 34.5 Å². The number of hydrogen-bond donors (Lipinski definition) is 2. The third-order valence-corrected chi connectivity index (χ3v) is 5.91. The Labute approximate surface area is 182 Å². The third-order valence-electron chi connectivity index (χ3n) is 5.91. The van der Waals surface area contributed by atoms with E-state index in [-0.39, 0.29) is 11.8 Å². The lowest BCUT2D eigenvalue weighted by atomic mass is 10.1. The molecular weight excluding hydrogens is 388 g/mol. The fourth-order valence-electron chi connectivity index (χ4n) is 3.77. The van der Waals surface area contributed by atoms with Crippen LogP contribution in [0.4, 0.5) is 5.69 Å². The molecule has 0 spiro atoms. The second-order valence-corrected chi connectivity index (χ2v) is 8.63. The number of likely N-dealkylation sites (N-methyl/N-ethyl adjacent to an activating group) is 1. The van der Waals surface area contributed by atoms with E-state index < -0.39 is 5.54 Å². The third kappa shape index (κ3) is 4.25. The molecule has 1 aromatic heterocycles. The second kappa shape index (κ2) is 8.04. The number of anilines is 1. The van der Waals surface area contributed by atoms with E-state index in [9.17, 15) is 9.59 Å². The molecular formula is C25H28N4O2. The van der Waals surface area contributed by atoms with Crippen molar-refractivity contribution in [2.24, 2.45) is 7.05 Å². The molecule has 2 aromatic carbocycles. The van der Waals surface area contributed by atoms with Crippen molar-refractivity contribution in [1.82, 2.24) is 14.8 Å². The molecule has 0 aliphatic carbocycles. The van der Waals surface area contributed by atoms with E-state index in [4.69, 9.17) is 0 Å². The van der Waals surface area contributed by atoms with E-state index in [1.807, 2.05) is 64.4 Å². The summed E-state index contributed by atoms with van der Waals surface area (Å²) in [5.74, 6) is -0.118. The van der Waals surface area contributed by atoms with E-state index in [2.05, 4.69) is 33.4 Å². The minimum Gasteiger partial charge on any atom is -0.346 e. The standard InChI is InChI=1S/C25H28N4O2/c1-25(2)24(31)27-21-11-9-17(13-19(21)15-26-25)10-12-23(30)28(3)16-20-14-18-7-5-6-8-22(18)29(20)4/h5-14,26H,15-16H2,1-4H3,(H,27,31)/b12-10+. The van der Waals surface area contributed by atoms with Gasteiger partial charge in [-0.05, 0) is 60.7 Å². The summed E-state index contributed by atoms with van der Waals surface area (Å²) in [6.07, 6.45) is 3.41. The van der Waals surface area contributed by atoms with Crippen molar-refractivity contribution in [3.05, 3.63) is 71.4 Å². The maximum absolute atomic E-state index is 12.7. The molecule has 2 N–H and O–H groups in total. The number of nitrogens with zero attached hydrogens (tertiary/aromatic N) is 2. The molecule has 6 heteroatoms. The van der Waals surface area contributed by atoms with Crippen molar-refractivity contribution in [3.63, 3.8) is 0 Å². The molecule has 0 saturated carbocycles. The zero-order valence-electron chi connectivity index (χ0n) is 18.4. The fourth-order valence-corrected chi connectivity index (χ4v) is 3.77. The van der Waals surface area contributed by atoms with Gasteiger partial charge in [-0.1, -0.05) is 24.3 Å². The summed E-state index contributed by atoms with van der Waals surface area (Å²) in [4.78, 5) is 26.7. The number of carbonyl (C=O) groups is 2. The van der Waals surface area contributed by atoms with E-state index in [1.54, 1.807) is 11.0 Å². The van der Waals surface area contributed by atoms with E-state index in [1.165, 1.54) is 5.39 Å². The van der Waals surface area contributed by atoms with Gasteiger partial charge in [0.2, 0.25) is 11.8 Å². The summed E-state index contributed by atoms with van der Waals surface area (Å²) < 4.78 is 2.12. The van der Waals surface area contributed by atoms with Crippen LogP contribution in [0.5, 0.6) is 0 Å². The number of hydrogen-bond acceptors (Lipinski definition) is 3. The van der Waals surface area contributed by atoms with Crippen LogP contribution in [0.3, 0.4) is 0 Å². The molecule has 3 aromatic rings. The van der Waals surface area contributed by atoms with Crippen LogP contribution >= 0.6 is 0 Å². The average molecular weight is 417 g/mol. The van der Waals surface area contributed by atoms with Gasteiger partial charge in [0.25, 0.3) is 0 Å². The summed E-state index contributed by atoms with van der Waals surface area (Å²) in [6.45, 7) is 4.83. The zero-order valence-corrected chi connectivity index (χ0v) is 18.4. The highest BCUT2D eigenvalue weighted by Crippen LogP contribution is 2.24. The van der Waals surface area contributed by atoms with Crippen LogP contribution in [0.1, 0.15) is 30.7 Å². The zero-order chi connectivity index (χ0) is 22.2. The molecule has 2 heterocycles. The van der Waals surface area contributed by atoms with Gasteiger partial charge in [0, 0.05) is 43.6 Å². The molecule has 0 saturated heterocycles. The number of aromatic nitrogens is 1. The summed E-state index contributed by atoms with van der Waals surface area (Å²) in [5, 5.41) is 7.40. The minimum absolute atomic E-state index is 0.0559. The molecule has 1 aliphatic rings. The van der Waals surface area contributed by atoms with Crippen LogP contribution < -0.4 is 10.6 Å². The Bertz CT molecular complexity index is 1190. The molecule has 0 fully saturated rings. The molecule has 4 rings (SSSR count).